The number of esters is 1. The molecule has 32 heavy (non-hydrogen) atoms. The van der Waals surface area contributed by atoms with Gasteiger partial charge in [0, 0.05) is 18.2 Å². The Hall–Kier alpha value is -1.78. The maximum atomic E-state index is 13.3. The van der Waals surface area contributed by atoms with E-state index in [-0.39, 0.29) is 31.4 Å². The van der Waals surface area contributed by atoms with Gasteiger partial charge in [0.25, 0.3) is 5.56 Å². The molecule has 4 rings (SSSR count). The molecule has 2 aliphatic heterocycles. The molecule has 12 heteroatoms. The second-order valence-corrected chi connectivity index (χ2v) is 11.5. The number of nitrogens with one attached hydrogen (secondary N) is 1. The average Bonchev–Trinajstić information content (AvgIpc) is 3.43. The molecule has 178 valence electrons. The lowest BCUT2D eigenvalue weighted by atomic mass is 9.85. The molecule has 3 aliphatic rings. The van der Waals surface area contributed by atoms with Crippen LogP contribution in [0.1, 0.15) is 46.3 Å². The Labute approximate surface area is 185 Å². The number of carbonyl (C=O) groups is 1. The molecule has 1 aromatic heterocycles. The molecule has 0 bridgehead atoms. The Kier molecular flexibility index (Phi) is 6.00. The van der Waals surface area contributed by atoms with Gasteiger partial charge in [-0.15, -0.1) is 0 Å². The van der Waals surface area contributed by atoms with Crippen LogP contribution in [-0.2, 0) is 27.9 Å². The lowest BCUT2D eigenvalue weighted by Gasteiger charge is -2.36. The lowest BCUT2D eigenvalue weighted by molar-refractivity contribution is -0.154. The molecule has 2 saturated heterocycles. The van der Waals surface area contributed by atoms with E-state index in [0.717, 1.165) is 12.8 Å². The van der Waals surface area contributed by atoms with E-state index in [4.69, 9.17) is 24.3 Å². The van der Waals surface area contributed by atoms with Crippen LogP contribution < -0.4 is 17.0 Å². The van der Waals surface area contributed by atoms with Crippen LogP contribution in [0.3, 0.4) is 0 Å². The third kappa shape index (κ3) is 4.36. The van der Waals surface area contributed by atoms with Gasteiger partial charge in [-0.25, -0.2) is 4.79 Å². The number of hydrogen-bond donors (Lipinski definition) is 2. The predicted octanol–water partition coefficient (Wildman–Crippen LogP) is 1.13. The van der Waals surface area contributed by atoms with Crippen molar-refractivity contribution in [3.8, 4) is 0 Å². The van der Waals surface area contributed by atoms with Gasteiger partial charge >= 0.3 is 19.3 Å². The highest BCUT2D eigenvalue weighted by atomic mass is 31.2. The number of nitrogens with two attached hydrogens (primary N) is 1. The molecule has 3 fully saturated rings. The normalized spacial score (nSPS) is 35.5. The van der Waals surface area contributed by atoms with Gasteiger partial charge in [0.05, 0.1) is 42.5 Å². The number of H-pyrrole nitrogens is 1. The molecule has 1 aromatic rings. The summed E-state index contributed by atoms with van der Waals surface area (Å²) in [5.74, 6) is -0.640. The summed E-state index contributed by atoms with van der Waals surface area (Å²) in [5.41, 5.74) is 3.78. The molecule has 0 radical (unpaired) electrons. The summed E-state index contributed by atoms with van der Waals surface area (Å²) in [4.78, 5) is 38.1. The summed E-state index contributed by atoms with van der Waals surface area (Å²) >= 11 is 0. The molecule has 0 aromatic carbocycles. The maximum absolute atomic E-state index is 13.3. The van der Waals surface area contributed by atoms with Gasteiger partial charge in [-0.05, 0) is 40.0 Å². The zero-order valence-corrected chi connectivity index (χ0v) is 19.3. The monoisotopic (exact) mass is 471 g/mol. The number of carbonyl (C=O) groups excluding carboxylic acids is 1. The number of fused-ring (bicyclic) bond motifs is 1. The summed E-state index contributed by atoms with van der Waals surface area (Å²) in [5, 5.41) is 0. The lowest BCUT2D eigenvalue weighted by Crippen LogP contribution is -2.52. The third-order valence-electron chi connectivity index (χ3n) is 6.54. The quantitative estimate of drug-likeness (QED) is 0.440. The SMILES string of the molecule is CC(C)OC(=O)C1(CCOP2(=O)C[C@@H]3[C@@H](CO2)O[C@@H](n2ccc(=O)[nH]c2=O)[C@]3(C)N)CC1. The van der Waals surface area contributed by atoms with E-state index in [1.807, 2.05) is 0 Å². The highest BCUT2D eigenvalue weighted by molar-refractivity contribution is 7.53. The van der Waals surface area contributed by atoms with Crippen molar-refractivity contribution in [2.45, 2.75) is 64.0 Å². The van der Waals surface area contributed by atoms with Crippen molar-refractivity contribution in [1.29, 1.82) is 0 Å². The van der Waals surface area contributed by atoms with E-state index in [1.165, 1.54) is 16.8 Å². The number of rotatable bonds is 7. The molecule has 3 heterocycles. The average molecular weight is 471 g/mol. The second kappa shape index (κ2) is 8.22. The van der Waals surface area contributed by atoms with Crippen LogP contribution in [0.15, 0.2) is 21.9 Å². The van der Waals surface area contributed by atoms with E-state index < -0.39 is 48.0 Å². The molecule has 1 unspecified atom stereocenters. The Bertz CT molecular complexity index is 1040. The second-order valence-electron chi connectivity index (χ2n) is 9.42. The topological polar surface area (TPSA) is 152 Å². The molecule has 3 N–H and O–H groups in total. The van der Waals surface area contributed by atoms with Crippen molar-refractivity contribution in [3.05, 3.63) is 33.1 Å². The van der Waals surface area contributed by atoms with E-state index in [2.05, 4.69) is 4.98 Å². The Morgan fingerprint density at radius 1 is 1.41 bits per heavy atom. The highest BCUT2D eigenvalue weighted by Gasteiger charge is 2.58. The number of aromatic amines is 1. The summed E-state index contributed by atoms with van der Waals surface area (Å²) < 4.78 is 37.0. The summed E-state index contributed by atoms with van der Waals surface area (Å²) in [6.45, 7) is 5.43. The molecule has 0 amide bonds. The van der Waals surface area contributed by atoms with Crippen LogP contribution >= 0.6 is 7.60 Å². The van der Waals surface area contributed by atoms with Crippen molar-refractivity contribution in [2.24, 2.45) is 17.1 Å². The molecular weight excluding hydrogens is 441 g/mol. The van der Waals surface area contributed by atoms with Gasteiger partial charge in [-0.1, -0.05) is 0 Å². The fourth-order valence-corrected chi connectivity index (χ4v) is 6.57. The molecule has 1 aliphatic carbocycles. The van der Waals surface area contributed by atoms with Crippen molar-refractivity contribution < 1.29 is 27.9 Å². The first-order valence-corrected chi connectivity index (χ1v) is 12.5. The van der Waals surface area contributed by atoms with Crippen LogP contribution in [0, 0.1) is 11.3 Å². The summed E-state index contributed by atoms with van der Waals surface area (Å²) in [7, 11) is -3.47. The molecule has 1 saturated carbocycles. The van der Waals surface area contributed by atoms with E-state index in [1.54, 1.807) is 20.8 Å². The van der Waals surface area contributed by atoms with Gasteiger partial charge in [0.15, 0.2) is 6.23 Å². The van der Waals surface area contributed by atoms with Gasteiger partial charge in [-0.2, -0.15) is 0 Å². The minimum absolute atomic E-state index is 0.00384. The van der Waals surface area contributed by atoms with Crippen LogP contribution in [-0.4, -0.2) is 52.6 Å². The smallest absolute Gasteiger partial charge is 0.331 e. The number of hydrogen-bond acceptors (Lipinski definition) is 9. The zero-order chi connectivity index (χ0) is 23.3. The minimum atomic E-state index is -3.47. The maximum Gasteiger partial charge on any atom is 0.331 e. The minimum Gasteiger partial charge on any atom is -0.463 e. The van der Waals surface area contributed by atoms with Crippen LogP contribution in [0.5, 0.6) is 0 Å². The van der Waals surface area contributed by atoms with Crippen molar-refractivity contribution in [1.82, 2.24) is 9.55 Å². The molecule has 11 nitrogen and oxygen atoms in total. The highest BCUT2D eigenvalue weighted by Crippen LogP contribution is 2.59. The van der Waals surface area contributed by atoms with Crippen molar-refractivity contribution >= 4 is 13.6 Å². The first-order chi connectivity index (χ1) is 15.0. The van der Waals surface area contributed by atoms with Crippen molar-refractivity contribution in [2.75, 3.05) is 19.4 Å². The Morgan fingerprint density at radius 2 is 2.12 bits per heavy atom. The van der Waals surface area contributed by atoms with E-state index in [0.29, 0.717) is 6.42 Å². The van der Waals surface area contributed by atoms with E-state index in [9.17, 15) is 18.9 Å². The van der Waals surface area contributed by atoms with Gasteiger partial charge in [0.1, 0.15) is 0 Å². The Morgan fingerprint density at radius 3 is 2.75 bits per heavy atom. The van der Waals surface area contributed by atoms with Gasteiger partial charge in [0.2, 0.25) is 0 Å². The number of aromatic nitrogens is 2. The first kappa shape index (κ1) is 23.4. The standard InChI is InChI=1S/C20H30N3O8P/c1-12(2)30-17(25)20(5-6-20)7-9-28-32(27)11-13-14(10-29-32)31-16(19(13,3)21)23-8-4-15(24)22-18(23)26/h4,8,12-14,16H,5-7,9-11,21H2,1-3H3,(H,22,24,26)/t13-,14-,16-,19-,32?/m1/s1. The van der Waals surface area contributed by atoms with Crippen LogP contribution in [0.25, 0.3) is 0 Å². The largest absolute Gasteiger partial charge is 0.463 e. The molecule has 5 atom stereocenters. The first-order valence-electron chi connectivity index (χ1n) is 10.8. The van der Waals surface area contributed by atoms with Gasteiger partial charge in [-0.3, -0.25) is 23.7 Å². The number of nitrogens with zero attached hydrogens (tertiary/aromatic N) is 1. The van der Waals surface area contributed by atoms with Gasteiger partial charge < -0.3 is 24.3 Å². The van der Waals surface area contributed by atoms with Crippen molar-refractivity contribution in [3.63, 3.8) is 0 Å². The summed E-state index contributed by atoms with van der Waals surface area (Å²) in [6.07, 6.45) is 1.69. The van der Waals surface area contributed by atoms with Crippen LogP contribution in [0.4, 0.5) is 0 Å². The Balaban J connectivity index is 1.41. The third-order valence-corrected chi connectivity index (χ3v) is 8.50. The van der Waals surface area contributed by atoms with E-state index >= 15 is 0 Å². The zero-order valence-electron chi connectivity index (χ0n) is 18.4. The fourth-order valence-electron chi connectivity index (χ4n) is 4.43. The fraction of sp³-hybridized carbons (Fsp3) is 0.750. The molecular formula is C20H30N3O8P. The number of ether oxygens (including phenoxy) is 2. The molecule has 0 spiro atoms. The predicted molar refractivity (Wildman–Crippen MR) is 113 cm³/mol. The van der Waals surface area contributed by atoms with Crippen LogP contribution in [0.2, 0.25) is 0 Å². The summed E-state index contributed by atoms with van der Waals surface area (Å²) in [6, 6.07) is 1.21.